The average molecular weight is 212 g/mol. The molecule has 2 aliphatic heterocycles. The molecule has 86 valence electrons. The van der Waals surface area contributed by atoms with Crippen molar-refractivity contribution in [2.45, 2.75) is 19.8 Å². The van der Waals surface area contributed by atoms with Crippen LogP contribution in [-0.2, 0) is 9.53 Å². The van der Waals surface area contributed by atoms with Gasteiger partial charge in [0.05, 0.1) is 19.1 Å². The van der Waals surface area contributed by atoms with Gasteiger partial charge in [-0.05, 0) is 19.4 Å². The summed E-state index contributed by atoms with van der Waals surface area (Å²) in [5.74, 6) is 0.374. The van der Waals surface area contributed by atoms with Crippen LogP contribution in [0.4, 0.5) is 0 Å². The molecule has 2 saturated heterocycles. The molecule has 4 nitrogen and oxygen atoms in total. The van der Waals surface area contributed by atoms with E-state index in [1.165, 1.54) is 0 Å². The Labute approximate surface area is 90.8 Å². The molecule has 15 heavy (non-hydrogen) atoms. The van der Waals surface area contributed by atoms with Crippen molar-refractivity contribution in [1.29, 1.82) is 0 Å². The maximum atomic E-state index is 11.8. The van der Waals surface area contributed by atoms with Crippen LogP contribution in [0.3, 0.4) is 0 Å². The molecule has 2 fully saturated rings. The number of amides is 1. The molecule has 0 aliphatic carbocycles. The Bertz CT molecular complexity index is 233. The topological polar surface area (TPSA) is 50.4 Å². The Morgan fingerprint density at radius 3 is 2.93 bits per heavy atom. The Morgan fingerprint density at radius 1 is 1.60 bits per heavy atom. The molecular weight excluding hydrogens is 192 g/mol. The minimum absolute atomic E-state index is 0.170. The molecule has 4 heteroatoms. The molecule has 2 rings (SSSR count). The fraction of sp³-hybridized carbons (Fsp3) is 0.909. The van der Waals surface area contributed by atoms with E-state index in [4.69, 9.17) is 4.74 Å². The molecule has 0 bridgehead atoms. The van der Waals surface area contributed by atoms with Gasteiger partial charge in [-0.1, -0.05) is 6.92 Å². The molecule has 1 amide bonds. The van der Waals surface area contributed by atoms with Crippen LogP contribution >= 0.6 is 0 Å². The van der Waals surface area contributed by atoms with Gasteiger partial charge in [-0.25, -0.2) is 0 Å². The minimum Gasteiger partial charge on any atom is -0.380 e. The Hall–Kier alpha value is -0.610. The number of rotatable bonds is 3. The van der Waals surface area contributed by atoms with Crippen LogP contribution in [-0.4, -0.2) is 38.8 Å². The van der Waals surface area contributed by atoms with Gasteiger partial charge in [0.15, 0.2) is 0 Å². The molecular formula is C11H20N2O2. The average Bonchev–Trinajstić information content (AvgIpc) is 2.24. The number of hydrogen-bond acceptors (Lipinski definition) is 3. The molecule has 0 saturated carbocycles. The number of carbonyl (C=O) groups is 1. The van der Waals surface area contributed by atoms with E-state index in [1.807, 2.05) is 0 Å². The normalized spacial score (nSPS) is 29.3. The van der Waals surface area contributed by atoms with Crippen molar-refractivity contribution in [3.05, 3.63) is 0 Å². The van der Waals surface area contributed by atoms with Gasteiger partial charge < -0.3 is 15.4 Å². The van der Waals surface area contributed by atoms with Crippen molar-refractivity contribution < 1.29 is 9.53 Å². The summed E-state index contributed by atoms with van der Waals surface area (Å²) in [6.45, 7) is 6.33. The van der Waals surface area contributed by atoms with Crippen LogP contribution in [0.1, 0.15) is 19.8 Å². The lowest BCUT2D eigenvalue weighted by atomic mass is 9.88. The van der Waals surface area contributed by atoms with E-state index in [2.05, 4.69) is 17.6 Å². The highest BCUT2D eigenvalue weighted by molar-refractivity contribution is 5.79. The predicted octanol–water partition coefficient (Wildman–Crippen LogP) is 0.139. The van der Waals surface area contributed by atoms with E-state index in [9.17, 15) is 4.79 Å². The molecule has 0 spiro atoms. The van der Waals surface area contributed by atoms with Gasteiger partial charge in [0.1, 0.15) is 0 Å². The summed E-state index contributed by atoms with van der Waals surface area (Å²) >= 11 is 0. The molecule has 2 aliphatic rings. The van der Waals surface area contributed by atoms with Gasteiger partial charge in [-0.2, -0.15) is 0 Å². The lowest BCUT2D eigenvalue weighted by Crippen LogP contribution is -2.50. The van der Waals surface area contributed by atoms with Gasteiger partial charge in [0.2, 0.25) is 5.91 Å². The van der Waals surface area contributed by atoms with Gasteiger partial charge >= 0.3 is 0 Å². The third-order valence-corrected chi connectivity index (χ3v) is 3.26. The molecule has 0 aromatic rings. The second kappa shape index (κ2) is 4.49. The highest BCUT2D eigenvalue weighted by atomic mass is 16.5. The van der Waals surface area contributed by atoms with Gasteiger partial charge in [-0.15, -0.1) is 0 Å². The monoisotopic (exact) mass is 212 g/mol. The van der Waals surface area contributed by atoms with Crippen LogP contribution in [0, 0.1) is 11.3 Å². The zero-order valence-electron chi connectivity index (χ0n) is 9.34. The standard InChI is InChI=1S/C11H20N2O2/c1-11(7-15-8-11)6-13-10(14)9-3-2-4-12-5-9/h9,12H,2-8H2,1H3,(H,13,14). The van der Waals surface area contributed by atoms with Crippen LogP contribution in [0.5, 0.6) is 0 Å². The van der Waals surface area contributed by atoms with Gasteiger partial charge in [0.25, 0.3) is 0 Å². The number of hydrogen-bond donors (Lipinski definition) is 2. The van der Waals surface area contributed by atoms with Crippen molar-refractivity contribution >= 4 is 5.91 Å². The SMILES string of the molecule is CC1(CNC(=O)C2CCCNC2)COC1. The van der Waals surface area contributed by atoms with Crippen molar-refractivity contribution in [3.63, 3.8) is 0 Å². The summed E-state index contributed by atoms with van der Waals surface area (Å²) in [5, 5.41) is 6.29. The van der Waals surface area contributed by atoms with E-state index in [-0.39, 0.29) is 17.2 Å². The first-order valence-electron chi connectivity index (χ1n) is 5.76. The third kappa shape index (κ3) is 2.69. The Balaban J connectivity index is 1.71. The molecule has 1 atom stereocenters. The second-order valence-electron chi connectivity index (χ2n) is 5.06. The Morgan fingerprint density at radius 2 is 2.40 bits per heavy atom. The fourth-order valence-electron chi connectivity index (χ4n) is 2.07. The predicted molar refractivity (Wildman–Crippen MR) is 57.5 cm³/mol. The summed E-state index contributed by atoms with van der Waals surface area (Å²) in [6.07, 6.45) is 2.13. The summed E-state index contributed by atoms with van der Waals surface area (Å²) in [4.78, 5) is 11.8. The van der Waals surface area contributed by atoms with E-state index in [0.29, 0.717) is 0 Å². The molecule has 0 aromatic heterocycles. The van der Waals surface area contributed by atoms with Crippen LogP contribution in [0.2, 0.25) is 0 Å². The fourth-order valence-corrected chi connectivity index (χ4v) is 2.07. The first-order chi connectivity index (χ1) is 7.20. The minimum atomic E-state index is 0.170. The van der Waals surface area contributed by atoms with Crippen molar-refractivity contribution in [2.75, 3.05) is 32.8 Å². The number of ether oxygens (including phenoxy) is 1. The summed E-state index contributed by atoms with van der Waals surface area (Å²) in [5.41, 5.74) is 0.178. The largest absolute Gasteiger partial charge is 0.380 e. The van der Waals surface area contributed by atoms with E-state index in [0.717, 1.165) is 45.7 Å². The lowest BCUT2D eigenvalue weighted by Gasteiger charge is -2.38. The lowest BCUT2D eigenvalue weighted by molar-refractivity contribution is -0.130. The highest BCUT2D eigenvalue weighted by Crippen LogP contribution is 2.25. The first-order valence-corrected chi connectivity index (χ1v) is 5.76. The Kier molecular flexibility index (Phi) is 3.26. The molecule has 0 radical (unpaired) electrons. The second-order valence-corrected chi connectivity index (χ2v) is 5.06. The third-order valence-electron chi connectivity index (χ3n) is 3.26. The maximum Gasteiger partial charge on any atom is 0.224 e. The summed E-state index contributed by atoms with van der Waals surface area (Å²) < 4.78 is 5.15. The number of nitrogens with one attached hydrogen (secondary N) is 2. The quantitative estimate of drug-likeness (QED) is 0.699. The summed E-state index contributed by atoms with van der Waals surface area (Å²) in [7, 11) is 0. The van der Waals surface area contributed by atoms with E-state index in [1.54, 1.807) is 0 Å². The number of carbonyl (C=O) groups excluding carboxylic acids is 1. The van der Waals surface area contributed by atoms with Crippen molar-refractivity contribution in [3.8, 4) is 0 Å². The van der Waals surface area contributed by atoms with Gasteiger partial charge in [-0.3, -0.25) is 4.79 Å². The van der Waals surface area contributed by atoms with Crippen LogP contribution < -0.4 is 10.6 Å². The van der Waals surface area contributed by atoms with Crippen molar-refractivity contribution in [2.24, 2.45) is 11.3 Å². The van der Waals surface area contributed by atoms with Crippen LogP contribution in [0.25, 0.3) is 0 Å². The van der Waals surface area contributed by atoms with Crippen molar-refractivity contribution in [1.82, 2.24) is 10.6 Å². The first kappa shape index (κ1) is 10.9. The molecule has 0 aromatic carbocycles. The molecule has 1 unspecified atom stereocenters. The smallest absolute Gasteiger partial charge is 0.224 e. The molecule has 2 N–H and O–H groups in total. The molecule has 2 heterocycles. The zero-order chi connectivity index (χ0) is 10.7. The summed E-state index contributed by atoms with van der Waals surface area (Å²) in [6, 6.07) is 0. The zero-order valence-corrected chi connectivity index (χ0v) is 9.34. The maximum absolute atomic E-state index is 11.8. The number of piperidine rings is 1. The van der Waals surface area contributed by atoms with E-state index < -0.39 is 0 Å². The van der Waals surface area contributed by atoms with Crippen LogP contribution in [0.15, 0.2) is 0 Å². The van der Waals surface area contributed by atoms with Gasteiger partial charge in [0, 0.05) is 18.5 Å². The van der Waals surface area contributed by atoms with E-state index >= 15 is 0 Å². The highest BCUT2D eigenvalue weighted by Gasteiger charge is 2.34.